The number of hydrogen-bond donors (Lipinski definition) is 2. The van der Waals surface area contributed by atoms with Gasteiger partial charge in [-0.05, 0) is 55.9 Å². The van der Waals surface area contributed by atoms with Gasteiger partial charge >= 0.3 is 6.09 Å². The molecular formula is C16H21FN2O2. The third kappa shape index (κ3) is 3.18. The van der Waals surface area contributed by atoms with E-state index in [1.165, 1.54) is 29.9 Å². The molecule has 2 atom stereocenters. The third-order valence-corrected chi connectivity index (χ3v) is 4.49. The van der Waals surface area contributed by atoms with Gasteiger partial charge in [-0.1, -0.05) is 6.07 Å². The molecule has 0 aromatic heterocycles. The van der Waals surface area contributed by atoms with Crippen LogP contribution in [0.2, 0.25) is 0 Å². The van der Waals surface area contributed by atoms with Crippen LogP contribution in [0.25, 0.3) is 0 Å². The zero-order chi connectivity index (χ0) is 15.0. The molecule has 0 bridgehead atoms. The summed E-state index contributed by atoms with van der Waals surface area (Å²) in [4.78, 5) is 13.0. The van der Waals surface area contributed by atoms with E-state index in [9.17, 15) is 14.3 Å². The zero-order valence-electron chi connectivity index (χ0n) is 12.2. The SMILES string of the molecule is Cc1cc(F)ccc1C1CC(NC2CC2)CCN1C(=O)O. The molecule has 1 aliphatic heterocycles. The average Bonchev–Trinajstić information content (AvgIpc) is 3.22. The van der Waals surface area contributed by atoms with Gasteiger partial charge in [-0.3, -0.25) is 0 Å². The normalized spacial score (nSPS) is 25.9. The molecule has 1 aromatic rings. The van der Waals surface area contributed by atoms with Gasteiger partial charge < -0.3 is 15.3 Å². The highest BCUT2D eigenvalue weighted by atomic mass is 19.1. The van der Waals surface area contributed by atoms with Crippen LogP contribution in [-0.2, 0) is 0 Å². The van der Waals surface area contributed by atoms with E-state index >= 15 is 0 Å². The summed E-state index contributed by atoms with van der Waals surface area (Å²) in [6.45, 7) is 2.37. The molecule has 5 heteroatoms. The highest BCUT2D eigenvalue weighted by molar-refractivity contribution is 5.66. The van der Waals surface area contributed by atoms with Crippen molar-refractivity contribution < 1.29 is 14.3 Å². The van der Waals surface area contributed by atoms with Crippen molar-refractivity contribution in [3.8, 4) is 0 Å². The van der Waals surface area contributed by atoms with Crippen LogP contribution in [0, 0.1) is 12.7 Å². The number of benzene rings is 1. The number of carboxylic acid groups (broad SMARTS) is 1. The van der Waals surface area contributed by atoms with Gasteiger partial charge in [0.2, 0.25) is 0 Å². The minimum atomic E-state index is -0.895. The number of nitrogens with zero attached hydrogens (tertiary/aromatic N) is 1. The Labute approximate surface area is 124 Å². The highest BCUT2D eigenvalue weighted by Crippen LogP contribution is 2.34. The van der Waals surface area contributed by atoms with E-state index in [1.807, 2.05) is 6.92 Å². The van der Waals surface area contributed by atoms with Crippen molar-refractivity contribution in [3.05, 3.63) is 35.1 Å². The third-order valence-electron chi connectivity index (χ3n) is 4.49. The first-order chi connectivity index (χ1) is 10.0. The van der Waals surface area contributed by atoms with Crippen molar-refractivity contribution in [2.75, 3.05) is 6.54 Å². The van der Waals surface area contributed by atoms with Gasteiger partial charge in [0.25, 0.3) is 0 Å². The van der Waals surface area contributed by atoms with Gasteiger partial charge in [0.15, 0.2) is 0 Å². The first-order valence-electron chi connectivity index (χ1n) is 7.56. The number of aryl methyl sites for hydroxylation is 1. The van der Waals surface area contributed by atoms with Crippen LogP contribution >= 0.6 is 0 Å². The molecule has 0 radical (unpaired) electrons. The van der Waals surface area contributed by atoms with Crippen LogP contribution in [0.15, 0.2) is 18.2 Å². The fourth-order valence-electron chi connectivity index (χ4n) is 3.24. The van der Waals surface area contributed by atoms with Crippen LogP contribution in [0.4, 0.5) is 9.18 Å². The first kappa shape index (κ1) is 14.3. The Morgan fingerprint density at radius 1 is 1.33 bits per heavy atom. The molecule has 2 N–H and O–H groups in total. The van der Waals surface area contributed by atoms with E-state index in [4.69, 9.17) is 0 Å². The summed E-state index contributed by atoms with van der Waals surface area (Å²) in [6.07, 6.45) is 3.15. The summed E-state index contributed by atoms with van der Waals surface area (Å²) >= 11 is 0. The second-order valence-electron chi connectivity index (χ2n) is 6.15. The smallest absolute Gasteiger partial charge is 0.407 e. The zero-order valence-corrected chi connectivity index (χ0v) is 12.2. The van der Waals surface area contributed by atoms with E-state index in [-0.39, 0.29) is 11.9 Å². The predicted molar refractivity (Wildman–Crippen MR) is 77.8 cm³/mol. The summed E-state index contributed by atoms with van der Waals surface area (Å²) in [7, 11) is 0. The van der Waals surface area contributed by atoms with Gasteiger partial charge in [-0.2, -0.15) is 0 Å². The Balaban J connectivity index is 1.83. The number of rotatable bonds is 3. The maximum Gasteiger partial charge on any atom is 0.407 e. The van der Waals surface area contributed by atoms with Gasteiger partial charge in [0.05, 0.1) is 6.04 Å². The Morgan fingerprint density at radius 3 is 2.71 bits per heavy atom. The Morgan fingerprint density at radius 2 is 2.10 bits per heavy atom. The largest absolute Gasteiger partial charge is 0.465 e. The molecule has 4 nitrogen and oxygen atoms in total. The van der Waals surface area contributed by atoms with E-state index in [2.05, 4.69) is 5.32 Å². The number of hydrogen-bond acceptors (Lipinski definition) is 2. The lowest BCUT2D eigenvalue weighted by molar-refractivity contribution is 0.0959. The quantitative estimate of drug-likeness (QED) is 0.900. The van der Waals surface area contributed by atoms with Crippen molar-refractivity contribution in [1.29, 1.82) is 0 Å². The van der Waals surface area contributed by atoms with Crippen molar-refractivity contribution in [2.45, 2.75) is 50.7 Å². The summed E-state index contributed by atoms with van der Waals surface area (Å²) in [6, 6.07) is 5.40. The predicted octanol–water partition coefficient (Wildman–Crippen LogP) is 3.07. The number of amides is 1. The van der Waals surface area contributed by atoms with E-state index in [0.29, 0.717) is 18.6 Å². The maximum atomic E-state index is 13.3. The maximum absolute atomic E-state index is 13.3. The fourth-order valence-corrected chi connectivity index (χ4v) is 3.24. The molecule has 2 aliphatic rings. The molecule has 2 fully saturated rings. The summed E-state index contributed by atoms with van der Waals surface area (Å²) in [5.41, 5.74) is 1.74. The van der Waals surface area contributed by atoms with E-state index in [0.717, 1.165) is 24.0 Å². The van der Waals surface area contributed by atoms with E-state index < -0.39 is 6.09 Å². The molecule has 1 saturated carbocycles. The standard InChI is InChI=1S/C16H21FN2O2/c1-10-8-11(17)2-5-14(10)15-9-13(18-12-3-4-12)6-7-19(15)16(20)21/h2,5,8,12-13,15,18H,3-4,6-7,9H2,1H3,(H,20,21). The lowest BCUT2D eigenvalue weighted by Crippen LogP contribution is -2.47. The number of nitrogens with one attached hydrogen (secondary N) is 1. The molecule has 1 heterocycles. The fraction of sp³-hybridized carbons (Fsp3) is 0.562. The molecule has 1 aromatic carbocycles. The van der Waals surface area contributed by atoms with Gasteiger partial charge in [0, 0.05) is 18.6 Å². The molecule has 114 valence electrons. The molecule has 2 unspecified atom stereocenters. The Bertz CT molecular complexity index is 545. The number of halogens is 1. The highest BCUT2D eigenvalue weighted by Gasteiger charge is 2.35. The lowest BCUT2D eigenvalue weighted by Gasteiger charge is -2.39. The lowest BCUT2D eigenvalue weighted by atomic mass is 9.89. The van der Waals surface area contributed by atoms with Crippen molar-refractivity contribution in [2.24, 2.45) is 0 Å². The molecule has 1 amide bonds. The van der Waals surface area contributed by atoms with Gasteiger partial charge in [0.1, 0.15) is 5.82 Å². The number of piperidine rings is 1. The van der Waals surface area contributed by atoms with Gasteiger partial charge in [-0.15, -0.1) is 0 Å². The van der Waals surface area contributed by atoms with Crippen LogP contribution in [0.3, 0.4) is 0 Å². The van der Waals surface area contributed by atoms with E-state index in [1.54, 1.807) is 6.07 Å². The van der Waals surface area contributed by atoms with Crippen molar-refractivity contribution >= 4 is 6.09 Å². The minimum Gasteiger partial charge on any atom is -0.465 e. The number of likely N-dealkylation sites (tertiary alicyclic amines) is 1. The topological polar surface area (TPSA) is 52.6 Å². The molecular weight excluding hydrogens is 271 g/mol. The Kier molecular flexibility index (Phi) is 3.85. The second kappa shape index (κ2) is 5.64. The molecule has 1 aliphatic carbocycles. The minimum absolute atomic E-state index is 0.187. The average molecular weight is 292 g/mol. The van der Waals surface area contributed by atoms with Crippen LogP contribution in [0.5, 0.6) is 0 Å². The monoisotopic (exact) mass is 292 g/mol. The first-order valence-corrected chi connectivity index (χ1v) is 7.56. The van der Waals surface area contributed by atoms with Gasteiger partial charge in [-0.25, -0.2) is 9.18 Å². The molecule has 0 spiro atoms. The molecule has 3 rings (SSSR count). The summed E-state index contributed by atoms with van der Waals surface area (Å²) in [5.74, 6) is -0.276. The summed E-state index contributed by atoms with van der Waals surface area (Å²) < 4.78 is 13.3. The number of carbonyl (C=O) groups is 1. The second-order valence-corrected chi connectivity index (χ2v) is 6.15. The molecule has 21 heavy (non-hydrogen) atoms. The van der Waals surface area contributed by atoms with Crippen molar-refractivity contribution in [1.82, 2.24) is 10.2 Å². The van der Waals surface area contributed by atoms with Crippen LogP contribution < -0.4 is 5.32 Å². The van der Waals surface area contributed by atoms with Crippen molar-refractivity contribution in [3.63, 3.8) is 0 Å². The van der Waals surface area contributed by atoms with Crippen LogP contribution in [0.1, 0.15) is 42.9 Å². The Hall–Kier alpha value is -1.62. The molecule has 1 saturated heterocycles. The summed E-state index contributed by atoms with van der Waals surface area (Å²) in [5, 5.41) is 13.0. The van der Waals surface area contributed by atoms with Crippen LogP contribution in [-0.4, -0.2) is 34.7 Å².